The minimum absolute atomic E-state index is 0.153. The minimum atomic E-state index is -0.444. The lowest BCUT2D eigenvalue weighted by Gasteiger charge is -2.28. The maximum absolute atomic E-state index is 12.0. The molecular weight excluding hydrogens is 248 g/mol. The molecule has 19 heavy (non-hydrogen) atoms. The van der Waals surface area contributed by atoms with Crippen LogP contribution in [0.2, 0.25) is 0 Å². The number of hydrogen-bond acceptors (Lipinski definition) is 6. The molecule has 1 N–H and O–H groups in total. The van der Waals surface area contributed by atoms with Crippen LogP contribution in [0.15, 0.2) is 6.33 Å². The van der Waals surface area contributed by atoms with Crippen LogP contribution in [0.3, 0.4) is 0 Å². The summed E-state index contributed by atoms with van der Waals surface area (Å²) in [7, 11) is 3.02. The van der Waals surface area contributed by atoms with Gasteiger partial charge in [0.15, 0.2) is 0 Å². The van der Waals surface area contributed by atoms with E-state index in [1.165, 1.54) is 20.5 Å². The number of hydrogen-bond donors (Lipinski definition) is 1. The van der Waals surface area contributed by atoms with Gasteiger partial charge in [0, 0.05) is 13.5 Å². The molecule has 0 aromatic carbocycles. The Kier molecular flexibility index (Phi) is 3.64. The molecule has 1 atom stereocenters. The van der Waals surface area contributed by atoms with Crippen LogP contribution >= 0.6 is 0 Å². The number of likely N-dealkylation sites (N-methyl/N-ethyl adjacent to an activating group) is 1. The van der Waals surface area contributed by atoms with Gasteiger partial charge in [0.2, 0.25) is 11.8 Å². The second-order valence-corrected chi connectivity index (χ2v) is 4.38. The third kappa shape index (κ3) is 2.49. The van der Waals surface area contributed by atoms with Crippen molar-refractivity contribution in [3.8, 4) is 5.88 Å². The van der Waals surface area contributed by atoms with Crippen LogP contribution in [0.5, 0.6) is 5.88 Å². The van der Waals surface area contributed by atoms with Crippen LogP contribution in [0, 0.1) is 6.92 Å². The molecule has 0 spiro atoms. The monoisotopic (exact) mass is 264 g/mol. The number of carbonyl (C=O) groups is 2. The second kappa shape index (κ2) is 5.21. The number of rotatable bonds is 3. The zero-order valence-electron chi connectivity index (χ0n) is 11.1. The summed E-state index contributed by atoms with van der Waals surface area (Å²) in [4.78, 5) is 32.6. The van der Waals surface area contributed by atoms with Gasteiger partial charge in [-0.2, -0.15) is 0 Å². The summed E-state index contributed by atoms with van der Waals surface area (Å²) in [5.74, 6) is 0.617. The summed E-state index contributed by atoms with van der Waals surface area (Å²) in [6, 6.07) is -0.444. The Hall–Kier alpha value is -2.18. The fourth-order valence-corrected chi connectivity index (χ4v) is 2.00. The molecule has 2 rings (SSSR count). The number of aromatic nitrogens is 2. The molecule has 2 heterocycles. The average molecular weight is 264 g/mol. The van der Waals surface area contributed by atoms with Gasteiger partial charge in [-0.25, -0.2) is 9.97 Å². The number of methoxy groups -OCH3 is 1. The van der Waals surface area contributed by atoms with Crippen LogP contribution in [0.25, 0.3) is 0 Å². The highest BCUT2D eigenvalue weighted by Gasteiger charge is 2.32. The van der Waals surface area contributed by atoms with Crippen LogP contribution in [-0.2, 0) is 9.59 Å². The van der Waals surface area contributed by atoms with E-state index >= 15 is 0 Å². The minimum Gasteiger partial charge on any atom is -0.481 e. The molecule has 1 fully saturated rings. The third-order valence-corrected chi connectivity index (χ3v) is 3.19. The maximum Gasteiger partial charge on any atom is 0.251 e. The molecule has 7 heteroatoms. The quantitative estimate of drug-likeness (QED) is 0.793. The smallest absolute Gasteiger partial charge is 0.251 e. The first-order valence-electron chi connectivity index (χ1n) is 5.97. The zero-order valence-corrected chi connectivity index (χ0v) is 11.1. The van der Waals surface area contributed by atoms with Gasteiger partial charge in [-0.15, -0.1) is 0 Å². The Balaban J connectivity index is 2.18. The summed E-state index contributed by atoms with van der Waals surface area (Å²) in [6.45, 7) is 1.81. The number of ether oxygens (including phenoxy) is 1. The summed E-state index contributed by atoms with van der Waals surface area (Å²) < 4.78 is 5.10. The number of nitrogens with zero attached hydrogens (tertiary/aromatic N) is 3. The summed E-state index contributed by atoms with van der Waals surface area (Å²) in [5.41, 5.74) is 0.734. The summed E-state index contributed by atoms with van der Waals surface area (Å²) >= 11 is 0. The molecule has 1 aromatic rings. The molecule has 1 unspecified atom stereocenters. The van der Waals surface area contributed by atoms with Crippen LogP contribution < -0.4 is 10.1 Å². The van der Waals surface area contributed by atoms with E-state index in [1.54, 1.807) is 0 Å². The molecule has 0 saturated carbocycles. The van der Waals surface area contributed by atoms with E-state index in [0.29, 0.717) is 24.5 Å². The number of carbonyl (C=O) groups excluding carboxylic acids is 2. The largest absolute Gasteiger partial charge is 0.481 e. The van der Waals surface area contributed by atoms with Crippen molar-refractivity contribution in [2.75, 3.05) is 19.5 Å². The number of amides is 2. The molecule has 1 aromatic heterocycles. The van der Waals surface area contributed by atoms with E-state index in [-0.39, 0.29) is 11.8 Å². The van der Waals surface area contributed by atoms with Crippen molar-refractivity contribution in [3.63, 3.8) is 0 Å². The maximum atomic E-state index is 12.0. The molecule has 1 aliphatic rings. The van der Waals surface area contributed by atoms with Gasteiger partial charge < -0.3 is 10.1 Å². The predicted molar refractivity (Wildman–Crippen MR) is 67.7 cm³/mol. The molecule has 7 nitrogen and oxygen atoms in total. The van der Waals surface area contributed by atoms with Gasteiger partial charge in [0.25, 0.3) is 5.91 Å². The predicted octanol–water partition coefficient (Wildman–Crippen LogP) is 0.353. The number of imide groups is 1. The standard InChI is InChI=1S/C12H16N4O3/c1-7-10(13-6-14-11(7)19-3)15-8-4-5-9(17)16(2)12(8)18/h6,8H,4-5H2,1-3H3,(H,13,14,15). The Morgan fingerprint density at radius 2 is 2.16 bits per heavy atom. The zero-order chi connectivity index (χ0) is 14.0. The second-order valence-electron chi connectivity index (χ2n) is 4.38. The Bertz CT molecular complexity index is 518. The SMILES string of the molecule is COc1ncnc(NC2CCC(=O)N(C)C2=O)c1C. The van der Waals surface area contributed by atoms with Gasteiger partial charge in [-0.1, -0.05) is 0 Å². The normalized spacial score (nSPS) is 19.5. The lowest BCUT2D eigenvalue weighted by Crippen LogP contribution is -2.48. The van der Waals surface area contributed by atoms with Crippen molar-refractivity contribution in [1.82, 2.24) is 14.9 Å². The van der Waals surface area contributed by atoms with Crippen LogP contribution in [0.1, 0.15) is 18.4 Å². The molecular formula is C12H16N4O3. The first kappa shape index (κ1) is 13.3. The van der Waals surface area contributed by atoms with Crippen molar-refractivity contribution in [2.24, 2.45) is 0 Å². The van der Waals surface area contributed by atoms with E-state index in [4.69, 9.17) is 4.74 Å². The Labute approximate surface area is 111 Å². The molecule has 2 amide bonds. The molecule has 1 saturated heterocycles. The van der Waals surface area contributed by atoms with Crippen LogP contribution in [0.4, 0.5) is 5.82 Å². The lowest BCUT2D eigenvalue weighted by atomic mass is 10.0. The average Bonchev–Trinajstić information content (AvgIpc) is 2.41. The molecule has 0 aliphatic carbocycles. The van der Waals surface area contributed by atoms with Gasteiger partial charge in [0.1, 0.15) is 18.2 Å². The van der Waals surface area contributed by atoms with Crippen molar-refractivity contribution >= 4 is 17.6 Å². The fraction of sp³-hybridized carbons (Fsp3) is 0.500. The number of likely N-dealkylation sites (tertiary alicyclic amines) is 1. The van der Waals surface area contributed by atoms with Crippen molar-refractivity contribution in [1.29, 1.82) is 0 Å². The highest BCUT2D eigenvalue weighted by Crippen LogP contribution is 2.22. The number of nitrogens with one attached hydrogen (secondary N) is 1. The third-order valence-electron chi connectivity index (χ3n) is 3.19. The van der Waals surface area contributed by atoms with E-state index in [0.717, 1.165) is 10.5 Å². The highest BCUT2D eigenvalue weighted by molar-refractivity contribution is 6.01. The molecule has 1 aliphatic heterocycles. The van der Waals surface area contributed by atoms with E-state index in [9.17, 15) is 9.59 Å². The number of piperidine rings is 1. The Morgan fingerprint density at radius 3 is 2.84 bits per heavy atom. The first-order valence-corrected chi connectivity index (χ1v) is 5.97. The van der Waals surface area contributed by atoms with E-state index in [2.05, 4.69) is 15.3 Å². The van der Waals surface area contributed by atoms with Gasteiger partial charge in [-0.05, 0) is 13.3 Å². The van der Waals surface area contributed by atoms with Crippen LogP contribution in [-0.4, -0.2) is 46.9 Å². The first-order chi connectivity index (χ1) is 9.04. The molecule has 0 radical (unpaired) electrons. The van der Waals surface area contributed by atoms with E-state index in [1.807, 2.05) is 6.92 Å². The van der Waals surface area contributed by atoms with Crippen molar-refractivity contribution in [2.45, 2.75) is 25.8 Å². The summed E-state index contributed by atoms with van der Waals surface area (Å²) in [6.07, 6.45) is 2.19. The highest BCUT2D eigenvalue weighted by atomic mass is 16.5. The summed E-state index contributed by atoms with van der Waals surface area (Å²) in [5, 5.41) is 3.05. The van der Waals surface area contributed by atoms with E-state index < -0.39 is 6.04 Å². The topological polar surface area (TPSA) is 84.4 Å². The van der Waals surface area contributed by atoms with Gasteiger partial charge in [-0.3, -0.25) is 14.5 Å². The van der Waals surface area contributed by atoms with Gasteiger partial charge >= 0.3 is 0 Å². The number of anilines is 1. The fourth-order valence-electron chi connectivity index (χ4n) is 2.00. The lowest BCUT2D eigenvalue weighted by molar-refractivity contribution is -0.146. The molecule has 0 bridgehead atoms. The molecule has 102 valence electrons. The van der Waals surface area contributed by atoms with Crippen molar-refractivity contribution < 1.29 is 14.3 Å². The van der Waals surface area contributed by atoms with Crippen molar-refractivity contribution in [3.05, 3.63) is 11.9 Å². The van der Waals surface area contributed by atoms with Gasteiger partial charge in [0.05, 0.1) is 12.7 Å². The Morgan fingerprint density at radius 1 is 1.42 bits per heavy atom.